The van der Waals surface area contributed by atoms with E-state index in [1.165, 1.54) is 91.0 Å². The third-order valence-electron chi connectivity index (χ3n) is 10.3. The van der Waals surface area contributed by atoms with Crippen LogP contribution in [0.5, 0.6) is 34.5 Å². The molecule has 72 heavy (non-hydrogen) atoms. The van der Waals surface area contributed by atoms with Crippen molar-refractivity contribution in [1.82, 2.24) is 0 Å². The van der Waals surface area contributed by atoms with Crippen LogP contribution < -0.4 is 28.4 Å². The van der Waals surface area contributed by atoms with Gasteiger partial charge in [0.05, 0.1) is 19.6 Å². The zero-order valence-electron chi connectivity index (χ0n) is 37.5. The third-order valence-corrected chi connectivity index (χ3v) is 14.1. The lowest BCUT2D eigenvalue weighted by Crippen LogP contribution is -2.04. The lowest BCUT2D eigenvalue weighted by Gasteiger charge is -2.16. The van der Waals surface area contributed by atoms with Gasteiger partial charge in [-0.2, -0.15) is 46.3 Å². The van der Waals surface area contributed by atoms with E-state index in [9.17, 15) is 51.9 Å². The lowest BCUT2D eigenvalue weighted by molar-refractivity contribution is 0.276. The van der Waals surface area contributed by atoms with Crippen LogP contribution in [0.15, 0.2) is 171 Å². The topological polar surface area (TPSA) is 273 Å². The first kappa shape index (κ1) is 53.1. The van der Waals surface area contributed by atoms with Gasteiger partial charge >= 0.3 is 0 Å². The average molecular weight is 1080 g/mol. The minimum atomic E-state index is -4.46. The van der Waals surface area contributed by atoms with Crippen LogP contribution in [-0.4, -0.2) is 51.9 Å². The van der Waals surface area contributed by atoms with Gasteiger partial charge in [0.2, 0.25) is 0 Å². The Hall–Kier alpha value is -6.67. The van der Waals surface area contributed by atoms with Crippen molar-refractivity contribution in [2.45, 2.75) is 65.0 Å². The summed E-state index contributed by atoms with van der Waals surface area (Å²) in [7, 11) is -17.6. The Morgan fingerprint density at radius 1 is 0.292 bits per heavy atom. The van der Waals surface area contributed by atoms with E-state index in [4.69, 9.17) is 28.4 Å². The lowest BCUT2D eigenvalue weighted by atomic mass is 10.2. The van der Waals surface area contributed by atoms with Gasteiger partial charge in [0, 0.05) is 24.0 Å². The molecular weight excluding hydrogens is 1040 g/mol. The highest BCUT2D eigenvalue weighted by Gasteiger charge is 2.15. The third kappa shape index (κ3) is 15.7. The number of ether oxygens (including phenoxy) is 6. The Bertz CT molecular complexity index is 3400. The van der Waals surface area contributed by atoms with Crippen LogP contribution in [0.2, 0.25) is 0 Å². The first-order valence-electron chi connectivity index (χ1n) is 21.1. The van der Waals surface area contributed by atoms with E-state index in [1.807, 2.05) is 0 Å². The average Bonchev–Trinajstić information content (AvgIpc) is 3.34. The van der Waals surface area contributed by atoms with Gasteiger partial charge in [0.15, 0.2) is 0 Å². The van der Waals surface area contributed by atoms with Crippen LogP contribution in [0.25, 0.3) is 0 Å². The zero-order valence-corrected chi connectivity index (χ0v) is 41.6. The summed E-state index contributed by atoms with van der Waals surface area (Å²) < 4.78 is 167. The van der Waals surface area contributed by atoms with Gasteiger partial charge in [-0.1, -0.05) is 48.5 Å². The van der Waals surface area contributed by atoms with E-state index < -0.39 is 40.5 Å². The van der Waals surface area contributed by atoms with Gasteiger partial charge in [-0.25, -0.2) is 0 Å². The molecule has 0 bridgehead atoms. The molecule has 7 aromatic rings. The number of rotatable bonds is 23. The molecule has 23 heteroatoms. The Kier molecular flexibility index (Phi) is 16.8. The van der Waals surface area contributed by atoms with E-state index in [-0.39, 0.29) is 59.2 Å². The fraction of sp³-hybridized carbons (Fsp3) is 0.143. The first-order valence-corrected chi connectivity index (χ1v) is 27.5. The van der Waals surface area contributed by atoms with Gasteiger partial charge in [-0.3, -0.25) is 18.2 Å². The summed E-state index contributed by atoms with van der Waals surface area (Å²) in [5.74, 6) is 2.51. The first-order chi connectivity index (χ1) is 34.0. The number of hydrogen-bond donors (Lipinski definition) is 5. The van der Waals surface area contributed by atoms with Crippen LogP contribution in [0.3, 0.4) is 0 Å². The second-order valence-corrected chi connectivity index (χ2v) is 21.8. The Labute approximate surface area is 421 Å². The molecule has 0 unspecified atom stereocenters. The van der Waals surface area contributed by atoms with Crippen LogP contribution >= 0.6 is 12.6 Å². The molecule has 0 aromatic heterocycles. The smallest absolute Gasteiger partial charge is 0.294 e. The van der Waals surface area contributed by atoms with Crippen molar-refractivity contribution in [2.75, 3.05) is 0 Å². The molecule has 0 atom stereocenters. The minimum Gasteiger partial charge on any atom is -0.489 e. The molecule has 0 heterocycles. The predicted octanol–water partition coefficient (Wildman–Crippen LogP) is 8.58. The molecule has 0 aliphatic heterocycles. The highest BCUT2D eigenvalue weighted by Crippen LogP contribution is 2.31. The second-order valence-electron chi connectivity index (χ2n) is 15.8. The van der Waals surface area contributed by atoms with Crippen LogP contribution in [0, 0.1) is 0 Å². The summed E-state index contributed by atoms with van der Waals surface area (Å²) in [5.41, 5.74) is 4.17. The fourth-order valence-electron chi connectivity index (χ4n) is 6.72. The summed E-state index contributed by atoms with van der Waals surface area (Å²) in [6.45, 7) is -0.0717. The standard InChI is InChI=1S/C49H44O18S5/c50-69(51,52)46-10-4-33(5-11-46)26-62-40-16-37(17-41(23-40)63-27-34-6-12-47(13-7-34)70(53,54)55)30-66-44-20-39(32-68)21-45(25-44)67-31-38-18-42(64-28-35-8-14-48(15-9-35)71(56,57)58)24-43(19-38)65-29-36-2-1-3-49(22-36)72(59,60)61/h1-25,68H,26-32H2,(H,50,51,52)(H,53,54,55)(H,56,57,58)(H,59,60,61). The predicted molar refractivity (Wildman–Crippen MR) is 263 cm³/mol. The monoisotopic (exact) mass is 1080 g/mol. The van der Waals surface area contributed by atoms with Crippen LogP contribution in [0.4, 0.5) is 0 Å². The van der Waals surface area contributed by atoms with Crippen molar-refractivity contribution in [1.29, 1.82) is 0 Å². The highest BCUT2D eigenvalue weighted by molar-refractivity contribution is 7.86. The van der Waals surface area contributed by atoms with E-state index in [1.54, 1.807) is 60.7 Å². The summed E-state index contributed by atoms with van der Waals surface area (Å²) in [6.07, 6.45) is 0. The molecule has 0 amide bonds. The minimum absolute atomic E-state index is 0.000186. The molecule has 18 nitrogen and oxygen atoms in total. The molecule has 378 valence electrons. The van der Waals surface area contributed by atoms with Gasteiger partial charge < -0.3 is 28.4 Å². The van der Waals surface area contributed by atoms with Gasteiger partial charge in [-0.15, -0.1) is 0 Å². The van der Waals surface area contributed by atoms with Gasteiger partial charge in [0.25, 0.3) is 40.5 Å². The Morgan fingerprint density at radius 3 is 0.833 bits per heavy atom. The van der Waals surface area contributed by atoms with Gasteiger partial charge in [-0.05, 0) is 124 Å². The largest absolute Gasteiger partial charge is 0.489 e. The van der Waals surface area contributed by atoms with Crippen molar-refractivity contribution in [3.8, 4) is 34.5 Å². The number of hydrogen-bond acceptors (Lipinski definition) is 15. The summed E-state index contributed by atoms with van der Waals surface area (Å²) in [6, 6.07) is 37.3. The van der Waals surface area contributed by atoms with E-state index in [0.29, 0.717) is 73.6 Å². The molecule has 0 aliphatic carbocycles. The normalized spacial score (nSPS) is 12.0. The van der Waals surface area contributed by atoms with Crippen molar-refractivity contribution in [3.63, 3.8) is 0 Å². The Balaban J connectivity index is 1.08. The van der Waals surface area contributed by atoms with Crippen molar-refractivity contribution < 1.29 is 80.3 Å². The molecule has 0 radical (unpaired) electrons. The molecule has 0 fully saturated rings. The van der Waals surface area contributed by atoms with Crippen molar-refractivity contribution in [2.24, 2.45) is 0 Å². The maximum atomic E-state index is 11.7. The molecule has 7 aromatic carbocycles. The van der Waals surface area contributed by atoms with Crippen molar-refractivity contribution >= 4 is 53.1 Å². The highest BCUT2D eigenvalue weighted by atomic mass is 32.2. The number of thiol groups is 1. The van der Waals surface area contributed by atoms with E-state index >= 15 is 0 Å². The Morgan fingerprint density at radius 2 is 0.556 bits per heavy atom. The fourth-order valence-corrected chi connectivity index (χ4v) is 8.89. The summed E-state index contributed by atoms with van der Waals surface area (Å²) in [5, 5.41) is 0. The second kappa shape index (κ2) is 22.8. The molecule has 4 N–H and O–H groups in total. The molecule has 7 rings (SSSR count). The van der Waals surface area contributed by atoms with E-state index in [0.717, 1.165) is 5.56 Å². The van der Waals surface area contributed by atoms with Crippen molar-refractivity contribution in [3.05, 3.63) is 191 Å². The molecule has 0 saturated heterocycles. The molecular formula is C49H44O18S5. The van der Waals surface area contributed by atoms with E-state index in [2.05, 4.69) is 12.6 Å². The zero-order chi connectivity index (χ0) is 51.7. The quantitative estimate of drug-likeness (QED) is 0.0296. The number of benzene rings is 7. The summed E-state index contributed by atoms with van der Waals surface area (Å²) in [4.78, 5) is -1.12. The molecule has 0 spiro atoms. The maximum Gasteiger partial charge on any atom is 0.294 e. The van der Waals surface area contributed by atoms with Crippen LogP contribution in [-0.2, 0) is 85.9 Å². The maximum absolute atomic E-state index is 11.7. The molecule has 0 saturated carbocycles. The summed E-state index contributed by atoms with van der Waals surface area (Å²) >= 11 is 4.48. The van der Waals surface area contributed by atoms with Crippen LogP contribution in [0.1, 0.15) is 38.9 Å². The van der Waals surface area contributed by atoms with Gasteiger partial charge in [0.1, 0.15) is 74.1 Å². The molecule has 0 aliphatic rings. The SMILES string of the molecule is O=S(=O)(O)c1ccc(COc2cc(COc3cc(CS)cc(OCc4cc(OCc5ccc(S(=O)(=O)O)cc5)cc(OCc5cccc(S(=O)(=O)O)c5)c4)c3)cc(OCc3ccc(S(=O)(=O)O)cc3)c2)cc1.